The fraction of sp³-hybridized carbons (Fsp3) is 0.286. The summed E-state index contributed by atoms with van der Waals surface area (Å²) >= 11 is 0. The lowest BCUT2D eigenvalue weighted by molar-refractivity contribution is 0.101. The number of nitrogens with one attached hydrogen (secondary N) is 1. The van der Waals surface area contributed by atoms with Gasteiger partial charge in [0.1, 0.15) is 5.69 Å². The molecule has 1 aromatic carbocycles. The Morgan fingerprint density at radius 3 is 2.58 bits per heavy atom. The molecule has 0 aliphatic rings. The maximum Gasteiger partial charge on any atom is 0.276 e. The van der Waals surface area contributed by atoms with Gasteiger partial charge in [-0.1, -0.05) is 19.1 Å². The van der Waals surface area contributed by atoms with Crippen molar-refractivity contribution in [2.75, 3.05) is 11.1 Å². The van der Waals surface area contributed by atoms with Crippen LogP contribution < -0.4 is 11.1 Å². The lowest BCUT2D eigenvalue weighted by Gasteiger charge is -2.08. The predicted molar refractivity (Wildman–Crippen MR) is 76.1 cm³/mol. The summed E-state index contributed by atoms with van der Waals surface area (Å²) in [5.41, 5.74) is 8.56. The summed E-state index contributed by atoms with van der Waals surface area (Å²) in [6, 6.07) is 7.77. The molecule has 100 valence electrons. The van der Waals surface area contributed by atoms with E-state index in [1.54, 1.807) is 4.68 Å². The first-order valence-corrected chi connectivity index (χ1v) is 6.37. The molecular weight excluding hydrogens is 240 g/mol. The van der Waals surface area contributed by atoms with E-state index in [2.05, 4.69) is 17.3 Å². The number of carbonyl (C=O) groups is 1. The van der Waals surface area contributed by atoms with Crippen LogP contribution in [0.1, 0.15) is 29.9 Å². The van der Waals surface area contributed by atoms with E-state index in [1.165, 1.54) is 11.8 Å². The molecule has 0 unspecified atom stereocenters. The van der Waals surface area contributed by atoms with E-state index in [9.17, 15) is 4.79 Å². The zero-order valence-corrected chi connectivity index (χ0v) is 11.2. The van der Waals surface area contributed by atoms with Crippen LogP contribution in [0, 0.1) is 0 Å². The molecule has 0 fully saturated rings. The molecule has 5 heteroatoms. The molecule has 2 aromatic rings. The number of nitrogen functional groups attached to an aromatic ring is 1. The molecule has 0 aliphatic carbocycles. The molecule has 1 aromatic heterocycles. The minimum Gasteiger partial charge on any atom is -0.396 e. The van der Waals surface area contributed by atoms with Crippen molar-refractivity contribution in [3.63, 3.8) is 0 Å². The smallest absolute Gasteiger partial charge is 0.276 e. The van der Waals surface area contributed by atoms with Crippen molar-refractivity contribution < 1.29 is 4.79 Å². The molecule has 0 aliphatic heterocycles. The molecular formula is C14H18N4O. The van der Waals surface area contributed by atoms with E-state index in [1.807, 2.05) is 31.2 Å². The van der Waals surface area contributed by atoms with Crippen molar-refractivity contribution in [1.82, 2.24) is 9.78 Å². The van der Waals surface area contributed by atoms with Crippen molar-refractivity contribution in [3.05, 3.63) is 41.7 Å². The summed E-state index contributed by atoms with van der Waals surface area (Å²) in [5, 5.41) is 6.89. The van der Waals surface area contributed by atoms with E-state index in [0.717, 1.165) is 12.1 Å². The second-order valence-electron chi connectivity index (χ2n) is 4.27. The van der Waals surface area contributed by atoms with Crippen LogP contribution in [0.5, 0.6) is 0 Å². The highest BCUT2D eigenvalue weighted by Crippen LogP contribution is 2.15. The van der Waals surface area contributed by atoms with Gasteiger partial charge in [0.05, 0.1) is 11.9 Å². The number of anilines is 2. The number of benzene rings is 1. The van der Waals surface area contributed by atoms with Crippen LogP contribution >= 0.6 is 0 Å². The van der Waals surface area contributed by atoms with Crippen molar-refractivity contribution >= 4 is 17.3 Å². The maximum atomic E-state index is 12.2. The van der Waals surface area contributed by atoms with E-state index >= 15 is 0 Å². The number of carbonyl (C=O) groups excluding carboxylic acids is 1. The van der Waals surface area contributed by atoms with Gasteiger partial charge >= 0.3 is 0 Å². The van der Waals surface area contributed by atoms with Gasteiger partial charge in [0.15, 0.2) is 0 Å². The third-order valence-corrected chi connectivity index (χ3v) is 3.00. The van der Waals surface area contributed by atoms with Crippen LogP contribution in [0.4, 0.5) is 11.4 Å². The number of nitrogens with zero attached hydrogens (tertiary/aromatic N) is 2. The first-order chi connectivity index (χ1) is 9.15. The fourth-order valence-corrected chi connectivity index (χ4v) is 1.90. The molecule has 0 saturated heterocycles. The summed E-state index contributed by atoms with van der Waals surface area (Å²) in [7, 11) is 0. The molecule has 1 heterocycles. The second kappa shape index (κ2) is 5.56. The number of hydrogen-bond donors (Lipinski definition) is 2. The van der Waals surface area contributed by atoms with Crippen molar-refractivity contribution in [2.24, 2.45) is 0 Å². The summed E-state index contributed by atoms with van der Waals surface area (Å²) in [6.45, 7) is 4.61. The zero-order chi connectivity index (χ0) is 13.8. The Bertz CT molecular complexity index is 572. The molecule has 1 amide bonds. The van der Waals surface area contributed by atoms with Gasteiger partial charge in [0, 0.05) is 12.2 Å². The Kier molecular flexibility index (Phi) is 3.85. The van der Waals surface area contributed by atoms with Gasteiger partial charge in [-0.2, -0.15) is 5.10 Å². The highest BCUT2D eigenvalue weighted by Gasteiger charge is 2.16. The van der Waals surface area contributed by atoms with E-state index < -0.39 is 0 Å². The molecule has 0 saturated carbocycles. The normalized spacial score (nSPS) is 10.4. The molecule has 0 bridgehead atoms. The van der Waals surface area contributed by atoms with Gasteiger partial charge in [0.25, 0.3) is 5.91 Å². The molecule has 2 rings (SSSR count). The summed E-state index contributed by atoms with van der Waals surface area (Å²) in [5.74, 6) is -0.235. The topological polar surface area (TPSA) is 72.9 Å². The van der Waals surface area contributed by atoms with Crippen LogP contribution in [0.2, 0.25) is 0 Å². The molecule has 5 nitrogen and oxygen atoms in total. The lowest BCUT2D eigenvalue weighted by atomic mass is 10.1. The number of aryl methyl sites for hydroxylation is 2. The molecule has 0 spiro atoms. The average molecular weight is 258 g/mol. The van der Waals surface area contributed by atoms with Gasteiger partial charge in [0.2, 0.25) is 0 Å². The Labute approximate surface area is 112 Å². The molecule has 3 N–H and O–H groups in total. The van der Waals surface area contributed by atoms with Crippen LogP contribution in [-0.2, 0) is 13.0 Å². The van der Waals surface area contributed by atoms with Crippen LogP contribution in [0.3, 0.4) is 0 Å². The SMILES string of the molecule is CCc1ccc(NC(=O)c2c(N)cnn2CC)cc1. The maximum absolute atomic E-state index is 12.2. The van der Waals surface area contributed by atoms with Crippen molar-refractivity contribution in [3.8, 4) is 0 Å². The van der Waals surface area contributed by atoms with Gasteiger partial charge in [-0.05, 0) is 31.0 Å². The highest BCUT2D eigenvalue weighted by molar-refractivity contribution is 6.06. The number of amides is 1. The van der Waals surface area contributed by atoms with E-state index in [4.69, 9.17) is 5.73 Å². The van der Waals surface area contributed by atoms with Gasteiger partial charge in [-0.15, -0.1) is 0 Å². The van der Waals surface area contributed by atoms with E-state index in [-0.39, 0.29) is 5.91 Å². The Morgan fingerprint density at radius 2 is 2.00 bits per heavy atom. The number of rotatable bonds is 4. The predicted octanol–water partition coefficient (Wildman–Crippen LogP) is 2.30. The molecule has 0 radical (unpaired) electrons. The van der Waals surface area contributed by atoms with Gasteiger partial charge in [-0.25, -0.2) is 0 Å². The monoisotopic (exact) mass is 258 g/mol. The summed E-state index contributed by atoms with van der Waals surface area (Å²) in [6.07, 6.45) is 2.47. The second-order valence-corrected chi connectivity index (χ2v) is 4.27. The Balaban J connectivity index is 2.18. The number of nitrogens with two attached hydrogens (primary N) is 1. The minimum absolute atomic E-state index is 0.235. The fourth-order valence-electron chi connectivity index (χ4n) is 1.90. The number of aromatic nitrogens is 2. The standard InChI is InChI=1S/C14H18N4O/c1-3-10-5-7-11(8-6-10)17-14(19)13-12(15)9-16-18(13)4-2/h5-9H,3-4,15H2,1-2H3,(H,17,19). The lowest BCUT2D eigenvalue weighted by Crippen LogP contribution is -2.18. The van der Waals surface area contributed by atoms with E-state index in [0.29, 0.717) is 17.9 Å². The van der Waals surface area contributed by atoms with Gasteiger partial charge in [-0.3, -0.25) is 9.48 Å². The largest absolute Gasteiger partial charge is 0.396 e. The highest BCUT2D eigenvalue weighted by atomic mass is 16.2. The molecule has 0 atom stereocenters. The Hall–Kier alpha value is -2.30. The van der Waals surface area contributed by atoms with Gasteiger partial charge < -0.3 is 11.1 Å². The third kappa shape index (κ3) is 2.76. The number of hydrogen-bond acceptors (Lipinski definition) is 3. The summed E-state index contributed by atoms with van der Waals surface area (Å²) in [4.78, 5) is 12.2. The molecule has 19 heavy (non-hydrogen) atoms. The minimum atomic E-state index is -0.235. The van der Waals surface area contributed by atoms with Crippen LogP contribution in [-0.4, -0.2) is 15.7 Å². The van der Waals surface area contributed by atoms with Crippen LogP contribution in [0.25, 0.3) is 0 Å². The average Bonchev–Trinajstić information content (AvgIpc) is 2.80. The first kappa shape index (κ1) is 13.1. The Morgan fingerprint density at radius 1 is 1.32 bits per heavy atom. The van der Waals surface area contributed by atoms with Crippen LogP contribution in [0.15, 0.2) is 30.5 Å². The third-order valence-electron chi connectivity index (χ3n) is 3.00. The zero-order valence-electron chi connectivity index (χ0n) is 11.2. The van der Waals surface area contributed by atoms with Crippen molar-refractivity contribution in [2.45, 2.75) is 26.8 Å². The quantitative estimate of drug-likeness (QED) is 0.883. The first-order valence-electron chi connectivity index (χ1n) is 6.37. The van der Waals surface area contributed by atoms with Crippen molar-refractivity contribution in [1.29, 1.82) is 0 Å². The summed E-state index contributed by atoms with van der Waals surface area (Å²) < 4.78 is 1.59.